The molecular formula is C24H28BrN3O5S4. The van der Waals surface area contributed by atoms with Crippen LogP contribution in [0.15, 0.2) is 81.7 Å². The van der Waals surface area contributed by atoms with Crippen molar-refractivity contribution < 1.29 is 22.2 Å². The number of benzene rings is 2. The lowest BCUT2D eigenvalue weighted by Gasteiger charge is -2.14. The van der Waals surface area contributed by atoms with E-state index in [0.29, 0.717) is 20.0 Å². The largest absolute Gasteiger partial charge is 0.462 e. The van der Waals surface area contributed by atoms with E-state index < -0.39 is 19.8 Å². The molecule has 37 heavy (non-hydrogen) atoms. The number of nitrogens with one attached hydrogen (secondary N) is 1. The maximum atomic E-state index is 14.3. The number of thiophene rings is 1. The zero-order valence-corrected chi connectivity index (χ0v) is 25.7. The average Bonchev–Trinajstić information content (AvgIpc) is 3.24. The van der Waals surface area contributed by atoms with Gasteiger partial charge in [-0.3, -0.25) is 10.2 Å². The van der Waals surface area contributed by atoms with Gasteiger partial charge in [0.25, 0.3) is 16.5 Å². The summed E-state index contributed by atoms with van der Waals surface area (Å²) in [6.45, 7) is 7.69. The number of rotatable bonds is 7. The van der Waals surface area contributed by atoms with Gasteiger partial charge < -0.3 is 10.5 Å². The molecule has 3 rings (SSSR count). The minimum absolute atomic E-state index is 0.0297. The third-order valence-corrected chi connectivity index (χ3v) is 11.8. The second kappa shape index (κ2) is 12.6. The number of carbonyl (C=O) groups is 1. The van der Waals surface area contributed by atoms with Crippen LogP contribution in [0.4, 0.5) is 0 Å². The number of nitrogens with zero attached hydrogens (tertiary/aromatic N) is 1. The molecule has 0 radical (unpaired) electrons. The highest BCUT2D eigenvalue weighted by Gasteiger charge is 2.28. The fourth-order valence-corrected chi connectivity index (χ4v) is 9.97. The molecule has 1 aromatic heterocycles. The zero-order chi connectivity index (χ0) is 28.0. The quantitative estimate of drug-likeness (QED) is 0.138. The Kier molecular flexibility index (Phi) is 10.5. The Balaban J connectivity index is 0.000000604. The van der Waals surface area contributed by atoms with Crippen LogP contribution in [-0.2, 0) is 29.3 Å². The molecule has 0 bridgehead atoms. The van der Waals surface area contributed by atoms with Gasteiger partial charge in [0.15, 0.2) is 0 Å². The number of ether oxygens (including phenoxy) is 1. The number of amidine groups is 1. The fraction of sp³-hybridized carbons (Fsp3) is 0.250. The molecule has 3 N–H and O–H groups in total. The van der Waals surface area contributed by atoms with Gasteiger partial charge >= 0.3 is 0 Å². The summed E-state index contributed by atoms with van der Waals surface area (Å²) in [5.74, 6) is -0.181. The smallest absolute Gasteiger partial charge is 0.293 e. The van der Waals surface area contributed by atoms with Crippen LogP contribution in [0.3, 0.4) is 0 Å². The van der Waals surface area contributed by atoms with Gasteiger partial charge in [-0.05, 0) is 75.9 Å². The van der Waals surface area contributed by atoms with E-state index in [4.69, 9.17) is 11.1 Å². The van der Waals surface area contributed by atoms with Crippen LogP contribution in [0.5, 0.6) is 0 Å². The predicted molar refractivity (Wildman–Crippen MR) is 154 cm³/mol. The lowest BCUT2D eigenvalue weighted by molar-refractivity contribution is -0.138. The Morgan fingerprint density at radius 3 is 2.22 bits per heavy atom. The van der Waals surface area contributed by atoms with Crippen molar-refractivity contribution >= 4 is 71.1 Å². The van der Waals surface area contributed by atoms with Crippen molar-refractivity contribution in [2.75, 3.05) is 6.26 Å². The normalized spacial score (nSPS) is 13.0. The van der Waals surface area contributed by atoms with Crippen molar-refractivity contribution in [3.05, 3.63) is 69.5 Å². The van der Waals surface area contributed by atoms with E-state index in [2.05, 4.69) is 24.4 Å². The van der Waals surface area contributed by atoms with Crippen LogP contribution in [-0.4, -0.2) is 36.8 Å². The fourth-order valence-electron chi connectivity index (χ4n) is 2.78. The second-order valence-corrected chi connectivity index (χ2v) is 15.6. The Labute approximate surface area is 234 Å². The molecule has 0 aliphatic heterocycles. The van der Waals surface area contributed by atoms with Crippen molar-refractivity contribution in [2.24, 2.45) is 9.50 Å². The summed E-state index contributed by atoms with van der Waals surface area (Å²) in [5.41, 5.74) is 6.06. The van der Waals surface area contributed by atoms with Crippen molar-refractivity contribution in [3.63, 3.8) is 0 Å². The predicted octanol–water partition coefficient (Wildman–Crippen LogP) is 6.06. The highest BCUT2D eigenvalue weighted by atomic mass is 79.9. The van der Waals surface area contributed by atoms with Crippen molar-refractivity contribution in [1.29, 1.82) is 5.41 Å². The molecule has 8 nitrogen and oxygen atoms in total. The van der Waals surface area contributed by atoms with Crippen LogP contribution in [0.1, 0.15) is 31.2 Å². The molecule has 0 saturated heterocycles. The van der Waals surface area contributed by atoms with Gasteiger partial charge in [-0.15, -0.1) is 23.1 Å². The van der Waals surface area contributed by atoms with E-state index in [-0.39, 0.29) is 26.1 Å². The first kappa shape index (κ1) is 31.0. The van der Waals surface area contributed by atoms with E-state index in [1.807, 2.05) is 20.8 Å². The van der Waals surface area contributed by atoms with E-state index in [1.165, 1.54) is 41.3 Å². The van der Waals surface area contributed by atoms with Crippen molar-refractivity contribution in [1.82, 2.24) is 0 Å². The van der Waals surface area contributed by atoms with Crippen LogP contribution < -0.4 is 5.73 Å². The average molecular weight is 647 g/mol. The maximum absolute atomic E-state index is 14.3. The number of halogens is 1. The highest BCUT2D eigenvalue weighted by Crippen LogP contribution is 2.39. The first-order chi connectivity index (χ1) is 17.1. The number of hydrogen-bond donors (Lipinski definition) is 2. The van der Waals surface area contributed by atoms with Gasteiger partial charge in [-0.25, -0.2) is 4.21 Å². The molecule has 1 atom stereocenters. The first-order valence-corrected chi connectivity index (χ1v) is 16.4. The van der Waals surface area contributed by atoms with Crippen molar-refractivity contribution in [2.45, 2.75) is 52.2 Å². The number of nitrogens with two attached hydrogens (primary N) is 1. The SMILES string of the molecule is CC(C)(C)OC=O.CSc1sc(C(=N)N)cc1S(=O)(=NS(=O)(=O)c1cccc(C)c1)c1cccc(Br)c1. The lowest BCUT2D eigenvalue weighted by Crippen LogP contribution is -2.17. The molecule has 0 spiro atoms. The van der Waals surface area contributed by atoms with E-state index in [9.17, 15) is 17.4 Å². The summed E-state index contributed by atoms with van der Waals surface area (Å²) >= 11 is 5.84. The summed E-state index contributed by atoms with van der Waals surface area (Å²) in [6, 6.07) is 14.4. The Hall–Kier alpha value is -2.19. The number of hydrogen-bond acceptors (Lipinski definition) is 8. The first-order valence-electron chi connectivity index (χ1n) is 10.6. The van der Waals surface area contributed by atoms with Crippen molar-refractivity contribution in [3.8, 4) is 0 Å². The summed E-state index contributed by atoms with van der Waals surface area (Å²) in [4.78, 5) is 10.5. The molecule has 0 saturated carbocycles. The molecule has 2 aromatic carbocycles. The molecular weight excluding hydrogens is 618 g/mol. The van der Waals surface area contributed by atoms with Gasteiger partial charge in [0.2, 0.25) is 0 Å². The van der Waals surface area contributed by atoms with Gasteiger partial charge in [0.1, 0.15) is 21.2 Å². The molecule has 13 heteroatoms. The standard InChI is InChI=1S/C19H18BrN3O3S4.C5H10O2/c1-12-5-3-8-15(9-12)30(25,26)23-29(24,14-7-4-6-13(20)10-14)17-11-16(18(21)22)28-19(17)27-2;1-5(2,3)7-4-6/h3-11H,1-2H3,(H3,21,22);4H,1-3H3. The molecule has 0 amide bonds. The van der Waals surface area contributed by atoms with Gasteiger partial charge in [-0.1, -0.05) is 37.9 Å². The summed E-state index contributed by atoms with van der Waals surface area (Å²) in [5, 5.41) is 7.73. The Bertz CT molecular complexity index is 1520. The van der Waals surface area contributed by atoms with Gasteiger partial charge in [0.05, 0.1) is 23.8 Å². The number of aryl methyl sites for hydroxylation is 1. The molecule has 0 fully saturated rings. The summed E-state index contributed by atoms with van der Waals surface area (Å²) < 4.78 is 50.4. The van der Waals surface area contributed by atoms with Gasteiger partial charge in [-0.2, -0.15) is 8.42 Å². The lowest BCUT2D eigenvalue weighted by atomic mass is 10.2. The minimum atomic E-state index is -4.24. The molecule has 1 unspecified atom stereocenters. The van der Waals surface area contributed by atoms with E-state index >= 15 is 0 Å². The topological polar surface area (TPSA) is 140 Å². The number of sulfonamides is 1. The molecule has 0 aliphatic carbocycles. The van der Waals surface area contributed by atoms with Crippen LogP contribution >= 0.6 is 39.0 Å². The van der Waals surface area contributed by atoms with Crippen LogP contribution in [0.2, 0.25) is 0 Å². The Morgan fingerprint density at radius 2 is 1.73 bits per heavy atom. The molecule has 0 aliphatic rings. The summed E-state index contributed by atoms with van der Waals surface area (Å²) in [6.07, 6.45) is 1.79. The molecule has 200 valence electrons. The maximum Gasteiger partial charge on any atom is 0.293 e. The van der Waals surface area contributed by atoms with E-state index in [1.54, 1.807) is 49.6 Å². The van der Waals surface area contributed by atoms with Crippen LogP contribution in [0.25, 0.3) is 0 Å². The minimum Gasteiger partial charge on any atom is -0.462 e. The number of thioether (sulfide) groups is 1. The summed E-state index contributed by atoms with van der Waals surface area (Å²) in [7, 11) is -7.84. The monoisotopic (exact) mass is 645 g/mol. The van der Waals surface area contributed by atoms with Gasteiger partial charge in [0, 0.05) is 4.47 Å². The number of carbonyl (C=O) groups excluding carboxylic acids is 1. The second-order valence-electron chi connectivity index (χ2n) is 8.56. The molecule has 1 heterocycles. The van der Waals surface area contributed by atoms with Crippen LogP contribution in [0, 0.1) is 12.3 Å². The zero-order valence-electron chi connectivity index (χ0n) is 20.9. The number of nitrogen functional groups attached to an aromatic ring is 1. The third-order valence-electron chi connectivity index (χ3n) is 4.42. The van der Waals surface area contributed by atoms with E-state index in [0.717, 1.165) is 5.56 Å². The highest BCUT2D eigenvalue weighted by molar-refractivity contribution is 9.10. The third kappa shape index (κ3) is 8.40. The Morgan fingerprint density at radius 1 is 1.11 bits per heavy atom. The molecule has 3 aromatic rings.